The summed E-state index contributed by atoms with van der Waals surface area (Å²) in [5, 5.41) is 19.8. The van der Waals surface area contributed by atoms with E-state index in [1.54, 1.807) is 13.0 Å². The lowest BCUT2D eigenvalue weighted by Crippen LogP contribution is -2.26. The quantitative estimate of drug-likeness (QED) is 0.759. The zero-order valence-corrected chi connectivity index (χ0v) is 11.8. The number of phenols is 1. The van der Waals surface area contributed by atoms with Gasteiger partial charge in [-0.1, -0.05) is 44.2 Å². The lowest BCUT2D eigenvalue weighted by Gasteiger charge is -2.37. The molecule has 2 aliphatic heterocycles. The first-order chi connectivity index (χ1) is 9.43. The second-order valence-electron chi connectivity index (χ2n) is 5.78. The Kier molecular flexibility index (Phi) is 2.76. The molecule has 0 aromatic heterocycles. The Morgan fingerprint density at radius 1 is 1.15 bits per heavy atom. The van der Waals surface area contributed by atoms with Crippen molar-refractivity contribution in [3.05, 3.63) is 53.1 Å². The van der Waals surface area contributed by atoms with Crippen molar-refractivity contribution in [1.29, 1.82) is 0 Å². The fourth-order valence-corrected chi connectivity index (χ4v) is 2.88. The highest BCUT2D eigenvalue weighted by molar-refractivity contribution is 5.69. The van der Waals surface area contributed by atoms with Gasteiger partial charge in [-0.25, -0.2) is 0 Å². The van der Waals surface area contributed by atoms with E-state index in [1.165, 1.54) is 5.56 Å². The van der Waals surface area contributed by atoms with Crippen LogP contribution in [-0.2, 0) is 5.41 Å². The maximum absolute atomic E-state index is 9.92. The molecule has 2 heterocycles. The number of aliphatic hydroxyl groups excluding tert-OH is 1. The van der Waals surface area contributed by atoms with E-state index in [-0.39, 0.29) is 11.2 Å². The maximum atomic E-state index is 9.92. The minimum absolute atomic E-state index is 0.101. The Morgan fingerprint density at radius 2 is 1.80 bits per heavy atom. The SMILES string of the molecule is CC(O)c1c(O)cc2c(C(C)(C)c3ccccc3)c1O2. The molecule has 2 N–H and O–H groups in total. The molecule has 1 unspecified atom stereocenters. The predicted molar refractivity (Wildman–Crippen MR) is 77.4 cm³/mol. The summed E-state index contributed by atoms with van der Waals surface area (Å²) in [4.78, 5) is 0. The highest BCUT2D eigenvalue weighted by atomic mass is 16.5. The molecule has 2 bridgehead atoms. The number of phenolic OH excluding ortho intramolecular Hbond substituents is 1. The standard InChI is InChI=1S/C17H18O3/c1-10(18)14-12(19)9-13-15(16(14)20-13)17(2,3)11-7-5-4-6-8-11/h4-10,18-19H,1-3H3. The molecule has 104 valence electrons. The molecular formula is C17H18O3. The summed E-state index contributed by atoms with van der Waals surface area (Å²) in [7, 11) is 0. The Morgan fingerprint density at radius 3 is 2.40 bits per heavy atom. The van der Waals surface area contributed by atoms with Crippen molar-refractivity contribution in [2.45, 2.75) is 32.3 Å². The van der Waals surface area contributed by atoms with E-state index in [9.17, 15) is 10.2 Å². The van der Waals surface area contributed by atoms with Gasteiger partial charge in [-0.3, -0.25) is 0 Å². The maximum Gasteiger partial charge on any atom is 0.144 e. The fraction of sp³-hybridized carbons (Fsp3) is 0.294. The van der Waals surface area contributed by atoms with Crippen LogP contribution in [0.3, 0.4) is 0 Å². The molecule has 0 spiro atoms. The molecule has 4 rings (SSSR count). The molecule has 3 heteroatoms. The largest absolute Gasteiger partial charge is 0.507 e. The average Bonchev–Trinajstić information content (AvgIpc) is 2.38. The van der Waals surface area contributed by atoms with Crippen molar-refractivity contribution in [3.63, 3.8) is 0 Å². The Labute approximate surface area is 118 Å². The summed E-state index contributed by atoms with van der Waals surface area (Å²) in [5.74, 6) is 1.41. The lowest BCUT2D eigenvalue weighted by atomic mass is 9.74. The van der Waals surface area contributed by atoms with Gasteiger partial charge in [0, 0.05) is 17.0 Å². The van der Waals surface area contributed by atoms with E-state index >= 15 is 0 Å². The van der Waals surface area contributed by atoms with Crippen LogP contribution in [0.1, 0.15) is 43.6 Å². The van der Waals surface area contributed by atoms with E-state index in [0.717, 1.165) is 5.56 Å². The van der Waals surface area contributed by atoms with Crippen LogP contribution >= 0.6 is 0 Å². The molecule has 0 saturated heterocycles. The average molecular weight is 270 g/mol. The molecule has 0 amide bonds. The van der Waals surface area contributed by atoms with Crippen LogP contribution in [0.25, 0.3) is 0 Å². The monoisotopic (exact) mass is 270 g/mol. The van der Waals surface area contributed by atoms with Gasteiger partial charge in [-0.05, 0) is 12.5 Å². The zero-order valence-electron chi connectivity index (χ0n) is 11.8. The first kappa shape index (κ1) is 13.0. The summed E-state index contributed by atoms with van der Waals surface area (Å²) >= 11 is 0. The molecule has 3 nitrogen and oxygen atoms in total. The van der Waals surface area contributed by atoms with Crippen LogP contribution in [-0.4, -0.2) is 10.2 Å². The second-order valence-corrected chi connectivity index (χ2v) is 5.78. The van der Waals surface area contributed by atoms with Crippen LogP contribution in [0.4, 0.5) is 0 Å². The highest BCUT2D eigenvalue weighted by Crippen LogP contribution is 2.57. The Balaban J connectivity index is 2.16. The van der Waals surface area contributed by atoms with Crippen LogP contribution < -0.4 is 4.74 Å². The molecule has 1 atom stereocenters. The summed E-state index contributed by atoms with van der Waals surface area (Å²) in [6.07, 6.45) is -0.760. The third-order valence-electron chi connectivity index (χ3n) is 4.01. The van der Waals surface area contributed by atoms with Crippen molar-refractivity contribution >= 4 is 0 Å². The lowest BCUT2D eigenvalue weighted by molar-refractivity contribution is 0.186. The summed E-state index contributed by atoms with van der Waals surface area (Å²) in [5.41, 5.74) is 2.45. The number of aromatic hydroxyl groups is 1. The van der Waals surface area contributed by atoms with Gasteiger partial charge in [0.15, 0.2) is 0 Å². The predicted octanol–water partition coefficient (Wildman–Crippen LogP) is 3.88. The van der Waals surface area contributed by atoms with E-state index in [4.69, 9.17) is 4.74 Å². The van der Waals surface area contributed by atoms with Gasteiger partial charge in [0.1, 0.15) is 17.2 Å². The first-order valence-corrected chi connectivity index (χ1v) is 6.74. The van der Waals surface area contributed by atoms with Crippen molar-refractivity contribution in [2.24, 2.45) is 0 Å². The van der Waals surface area contributed by atoms with Crippen molar-refractivity contribution < 1.29 is 14.9 Å². The van der Waals surface area contributed by atoms with E-state index in [1.807, 2.05) is 18.2 Å². The van der Waals surface area contributed by atoms with Gasteiger partial charge >= 0.3 is 0 Å². The van der Waals surface area contributed by atoms with Crippen molar-refractivity contribution in [1.82, 2.24) is 0 Å². The van der Waals surface area contributed by atoms with Crippen molar-refractivity contribution in [3.8, 4) is 17.2 Å². The Hall–Kier alpha value is -2.00. The normalized spacial score (nSPS) is 14.4. The number of rotatable bonds is 3. The van der Waals surface area contributed by atoms with Crippen LogP contribution in [0.2, 0.25) is 0 Å². The van der Waals surface area contributed by atoms with E-state index in [0.29, 0.717) is 17.1 Å². The molecule has 2 aromatic carbocycles. The first-order valence-electron chi connectivity index (χ1n) is 6.74. The summed E-state index contributed by atoms with van der Waals surface area (Å²) in [6, 6.07) is 11.8. The van der Waals surface area contributed by atoms with Gasteiger partial charge in [-0.2, -0.15) is 0 Å². The number of benzene rings is 2. The molecule has 20 heavy (non-hydrogen) atoms. The molecule has 0 fully saturated rings. The number of hydrogen-bond acceptors (Lipinski definition) is 3. The molecule has 2 aromatic rings. The number of hydrogen-bond donors (Lipinski definition) is 2. The number of fused-ring (bicyclic) bond motifs is 2. The smallest absolute Gasteiger partial charge is 0.144 e. The molecule has 0 aliphatic carbocycles. The fourth-order valence-electron chi connectivity index (χ4n) is 2.88. The minimum atomic E-state index is -0.760. The zero-order chi connectivity index (χ0) is 14.5. The minimum Gasteiger partial charge on any atom is -0.507 e. The van der Waals surface area contributed by atoms with E-state index in [2.05, 4.69) is 26.0 Å². The van der Waals surface area contributed by atoms with Crippen LogP contribution in [0.15, 0.2) is 36.4 Å². The number of ether oxygens (including phenoxy) is 1. The molecular weight excluding hydrogens is 252 g/mol. The summed E-state index contributed by atoms with van der Waals surface area (Å²) in [6.45, 7) is 5.87. The summed E-state index contributed by atoms with van der Waals surface area (Å²) < 4.78 is 5.60. The van der Waals surface area contributed by atoms with Gasteiger partial charge in [0.25, 0.3) is 0 Å². The Bertz CT molecular complexity index is 658. The van der Waals surface area contributed by atoms with Gasteiger partial charge in [-0.15, -0.1) is 0 Å². The third-order valence-corrected chi connectivity index (χ3v) is 4.01. The van der Waals surface area contributed by atoms with Gasteiger partial charge in [0.05, 0.1) is 11.7 Å². The molecule has 2 aliphatic rings. The second kappa shape index (κ2) is 4.25. The molecule has 0 saturated carbocycles. The topological polar surface area (TPSA) is 49.7 Å². The van der Waals surface area contributed by atoms with Gasteiger partial charge < -0.3 is 14.9 Å². The molecule has 0 radical (unpaired) electrons. The van der Waals surface area contributed by atoms with Gasteiger partial charge in [0.2, 0.25) is 0 Å². The van der Waals surface area contributed by atoms with Crippen LogP contribution in [0.5, 0.6) is 17.2 Å². The highest BCUT2D eigenvalue weighted by Gasteiger charge is 2.40. The van der Waals surface area contributed by atoms with E-state index < -0.39 is 6.10 Å². The number of aliphatic hydroxyl groups is 1. The van der Waals surface area contributed by atoms with Crippen LogP contribution in [0, 0.1) is 0 Å². The third kappa shape index (κ3) is 1.70. The van der Waals surface area contributed by atoms with Crippen molar-refractivity contribution in [2.75, 3.05) is 0 Å².